The van der Waals surface area contributed by atoms with Crippen molar-refractivity contribution in [1.29, 1.82) is 0 Å². The third-order valence-corrected chi connectivity index (χ3v) is 9.76. The van der Waals surface area contributed by atoms with E-state index in [0.717, 1.165) is 6.42 Å². The average molecular weight is 529 g/mol. The van der Waals surface area contributed by atoms with E-state index in [0.29, 0.717) is 25.0 Å². The lowest BCUT2D eigenvalue weighted by molar-refractivity contribution is -0.232. The van der Waals surface area contributed by atoms with E-state index in [1.807, 2.05) is 6.92 Å². The molecular weight excluding hydrogens is 492 g/mol. The summed E-state index contributed by atoms with van der Waals surface area (Å²) < 4.78 is 36.4. The zero-order valence-electron chi connectivity index (χ0n) is 22.3. The van der Waals surface area contributed by atoms with Gasteiger partial charge in [-0.2, -0.15) is 0 Å². The summed E-state index contributed by atoms with van der Waals surface area (Å²) in [5.74, 6) is -1.03. The fourth-order valence-electron chi connectivity index (χ4n) is 7.29. The molecule has 6 aliphatic rings. The molecule has 206 valence electrons. The first-order chi connectivity index (χ1) is 18.1. The molecule has 4 fully saturated rings. The van der Waals surface area contributed by atoms with Crippen LogP contribution >= 0.6 is 0 Å². The molecule has 0 aromatic heterocycles. The van der Waals surface area contributed by atoms with Crippen LogP contribution in [0.5, 0.6) is 0 Å². The van der Waals surface area contributed by atoms with Crippen LogP contribution in [-0.2, 0) is 38.0 Å². The molecule has 4 heterocycles. The number of aliphatic hydroxyl groups excluding tert-OH is 1. The van der Waals surface area contributed by atoms with Crippen molar-refractivity contribution >= 4 is 11.9 Å². The normalized spacial score (nSPS) is 51.4. The van der Waals surface area contributed by atoms with E-state index >= 15 is 0 Å². The van der Waals surface area contributed by atoms with Crippen molar-refractivity contribution in [2.24, 2.45) is 10.8 Å². The first-order valence-electron chi connectivity index (χ1n) is 13.5. The number of epoxide rings is 1. The summed E-state index contributed by atoms with van der Waals surface area (Å²) in [5.41, 5.74) is -0.284. The van der Waals surface area contributed by atoms with Gasteiger partial charge in [0.15, 0.2) is 6.29 Å². The van der Waals surface area contributed by atoms with Crippen LogP contribution in [0.2, 0.25) is 0 Å². The lowest BCUT2D eigenvalue weighted by atomic mass is 9.51. The molecule has 4 bridgehead atoms. The molecular formula is C29H36O9. The molecule has 9 heteroatoms. The van der Waals surface area contributed by atoms with Crippen LogP contribution in [0.25, 0.3) is 0 Å². The summed E-state index contributed by atoms with van der Waals surface area (Å²) in [6.07, 6.45) is 8.09. The maximum absolute atomic E-state index is 13.1. The summed E-state index contributed by atoms with van der Waals surface area (Å²) in [7, 11) is 0. The number of fused-ring (bicyclic) bond motifs is 2. The summed E-state index contributed by atoms with van der Waals surface area (Å²) in [6, 6.07) is 0. The Balaban J connectivity index is 1.39. The summed E-state index contributed by atoms with van der Waals surface area (Å²) in [6.45, 7) is 8.24. The Hall–Kier alpha value is -2.30. The molecule has 4 aliphatic heterocycles. The number of ether oxygens (including phenoxy) is 6. The van der Waals surface area contributed by atoms with Crippen molar-refractivity contribution in [2.45, 2.75) is 95.5 Å². The Morgan fingerprint density at radius 1 is 1.03 bits per heavy atom. The first kappa shape index (κ1) is 26.0. The van der Waals surface area contributed by atoms with Crippen molar-refractivity contribution in [1.82, 2.24) is 0 Å². The van der Waals surface area contributed by atoms with Crippen molar-refractivity contribution in [3.63, 3.8) is 0 Å². The van der Waals surface area contributed by atoms with Gasteiger partial charge in [0.05, 0.1) is 30.3 Å². The molecule has 2 aliphatic carbocycles. The first-order valence-corrected chi connectivity index (χ1v) is 13.5. The molecule has 38 heavy (non-hydrogen) atoms. The Morgan fingerprint density at radius 3 is 2.58 bits per heavy atom. The second-order valence-electron chi connectivity index (χ2n) is 11.8. The van der Waals surface area contributed by atoms with E-state index in [-0.39, 0.29) is 24.9 Å². The van der Waals surface area contributed by atoms with E-state index < -0.39 is 53.0 Å². The monoisotopic (exact) mass is 528 g/mol. The predicted molar refractivity (Wildman–Crippen MR) is 134 cm³/mol. The molecule has 0 radical (unpaired) electrons. The summed E-state index contributed by atoms with van der Waals surface area (Å²) >= 11 is 0. The highest BCUT2D eigenvalue weighted by molar-refractivity contribution is 5.83. The molecule has 1 saturated carbocycles. The van der Waals surface area contributed by atoms with Crippen LogP contribution in [0, 0.1) is 10.8 Å². The second-order valence-corrected chi connectivity index (χ2v) is 11.8. The minimum absolute atomic E-state index is 0.0661. The number of esters is 2. The summed E-state index contributed by atoms with van der Waals surface area (Å²) in [5, 5.41) is 10.8. The highest BCUT2D eigenvalue weighted by Gasteiger charge is 2.83. The number of hydrogen-bond acceptors (Lipinski definition) is 9. The number of allylic oxidation sites excluding steroid dienone is 3. The lowest BCUT2D eigenvalue weighted by Gasteiger charge is -2.58. The van der Waals surface area contributed by atoms with Gasteiger partial charge in [-0.05, 0) is 39.2 Å². The van der Waals surface area contributed by atoms with Gasteiger partial charge in [-0.1, -0.05) is 36.8 Å². The SMILES string of the molecule is CC1=CC2OC3CC4OC(=O)/C=C\C=C\C5OC(OC5C)C(O)/C(C)=C\C(=O)OCC2(CC1)C4(C)C31CO1. The topological polar surface area (TPSA) is 113 Å². The molecule has 0 aromatic rings. The maximum atomic E-state index is 13.1. The van der Waals surface area contributed by atoms with Crippen LogP contribution < -0.4 is 0 Å². The minimum atomic E-state index is -1.14. The van der Waals surface area contributed by atoms with E-state index in [4.69, 9.17) is 28.4 Å². The summed E-state index contributed by atoms with van der Waals surface area (Å²) in [4.78, 5) is 26.0. The molecule has 0 amide bonds. The van der Waals surface area contributed by atoms with Crippen molar-refractivity contribution < 1.29 is 43.1 Å². The van der Waals surface area contributed by atoms with E-state index in [9.17, 15) is 14.7 Å². The molecule has 9 nitrogen and oxygen atoms in total. The van der Waals surface area contributed by atoms with Crippen LogP contribution in [0.1, 0.15) is 47.0 Å². The third kappa shape index (κ3) is 3.78. The molecule has 3 saturated heterocycles. The molecule has 1 N–H and O–H groups in total. The Kier molecular flexibility index (Phi) is 6.23. The zero-order valence-corrected chi connectivity index (χ0v) is 22.3. The fraction of sp³-hybridized carbons (Fsp3) is 0.655. The number of aliphatic hydroxyl groups is 1. The Labute approximate surface area is 222 Å². The van der Waals surface area contributed by atoms with Gasteiger partial charge < -0.3 is 33.5 Å². The van der Waals surface area contributed by atoms with Crippen LogP contribution in [0.4, 0.5) is 0 Å². The van der Waals surface area contributed by atoms with Gasteiger partial charge in [0.1, 0.15) is 30.5 Å². The van der Waals surface area contributed by atoms with Crippen molar-refractivity contribution in [3.8, 4) is 0 Å². The smallest absolute Gasteiger partial charge is 0.331 e. The largest absolute Gasteiger partial charge is 0.462 e. The maximum Gasteiger partial charge on any atom is 0.331 e. The van der Waals surface area contributed by atoms with Crippen molar-refractivity contribution in [3.05, 3.63) is 47.6 Å². The van der Waals surface area contributed by atoms with Gasteiger partial charge in [0.2, 0.25) is 0 Å². The lowest BCUT2D eigenvalue weighted by Crippen LogP contribution is -2.66. The number of cyclic esters (lactones) is 1. The van der Waals surface area contributed by atoms with E-state index in [1.54, 1.807) is 25.2 Å². The molecule has 2 spiro atoms. The average Bonchev–Trinajstić information content (AvgIpc) is 3.57. The number of carbonyl (C=O) groups is 2. The van der Waals surface area contributed by atoms with E-state index in [2.05, 4.69) is 19.9 Å². The second kappa shape index (κ2) is 9.13. The number of hydrogen-bond donors (Lipinski definition) is 1. The zero-order chi connectivity index (χ0) is 26.9. The molecule has 6 rings (SSSR count). The van der Waals surface area contributed by atoms with Crippen molar-refractivity contribution in [2.75, 3.05) is 13.2 Å². The van der Waals surface area contributed by atoms with Crippen LogP contribution in [-0.4, -0.2) is 78.8 Å². The molecule has 10 unspecified atom stereocenters. The van der Waals surface area contributed by atoms with Gasteiger partial charge in [0.25, 0.3) is 0 Å². The van der Waals surface area contributed by atoms with Gasteiger partial charge >= 0.3 is 11.9 Å². The Morgan fingerprint density at radius 2 is 1.82 bits per heavy atom. The van der Waals surface area contributed by atoms with Gasteiger partial charge in [-0.25, -0.2) is 9.59 Å². The molecule has 10 atom stereocenters. The quantitative estimate of drug-likeness (QED) is 0.288. The van der Waals surface area contributed by atoms with Gasteiger partial charge in [-0.3, -0.25) is 0 Å². The molecule has 0 aromatic carbocycles. The van der Waals surface area contributed by atoms with Crippen LogP contribution in [0.3, 0.4) is 0 Å². The van der Waals surface area contributed by atoms with Gasteiger partial charge in [-0.15, -0.1) is 0 Å². The minimum Gasteiger partial charge on any atom is -0.462 e. The number of carbonyl (C=O) groups excluding carboxylic acids is 2. The highest BCUT2D eigenvalue weighted by atomic mass is 16.7. The Bertz CT molecular complexity index is 1130. The van der Waals surface area contributed by atoms with Crippen LogP contribution in [0.15, 0.2) is 47.6 Å². The third-order valence-electron chi connectivity index (χ3n) is 9.76. The fourth-order valence-corrected chi connectivity index (χ4v) is 7.29. The van der Waals surface area contributed by atoms with Gasteiger partial charge in [0, 0.05) is 24.0 Å². The number of rotatable bonds is 0. The standard InChI is InChI=1S/C29H36O9/c1-16-9-10-28-14-33-24(31)12-17(2)25(32)26-35-18(3)19(36-26)7-5-6-8-23(30)38-20-13-22(37-21(28)11-16)29(15-34-29)27(20,28)4/h5-8,11-12,18-22,25-26,32H,9-10,13-15H2,1-4H3/b7-5+,8-6-,17-12-. The van der Waals surface area contributed by atoms with E-state index in [1.165, 1.54) is 17.7 Å². The predicted octanol–water partition coefficient (Wildman–Crippen LogP) is 2.68. The highest BCUT2D eigenvalue weighted by Crippen LogP contribution is 2.72.